The van der Waals surface area contributed by atoms with Gasteiger partial charge in [-0.3, -0.25) is 19.4 Å². The Balaban J connectivity index is 1.37. The summed E-state index contributed by atoms with van der Waals surface area (Å²) in [6.07, 6.45) is -2.04. The van der Waals surface area contributed by atoms with E-state index >= 15 is 0 Å². The average Bonchev–Trinajstić information content (AvgIpc) is 3.33. The van der Waals surface area contributed by atoms with Crippen LogP contribution in [0.1, 0.15) is 35.6 Å². The third kappa shape index (κ3) is 7.59. The fourth-order valence-corrected chi connectivity index (χ4v) is 4.48. The van der Waals surface area contributed by atoms with Crippen LogP contribution in [0.25, 0.3) is 0 Å². The highest BCUT2D eigenvalue weighted by molar-refractivity contribution is 6.01. The number of alkyl halides is 3. The monoisotopic (exact) mass is 569 g/mol. The molecule has 4 N–H and O–H groups in total. The van der Waals surface area contributed by atoms with Gasteiger partial charge < -0.3 is 26.0 Å². The highest BCUT2D eigenvalue weighted by atomic mass is 19.4. The van der Waals surface area contributed by atoms with Gasteiger partial charge in [-0.1, -0.05) is 30.3 Å². The number of hydrogen-bond donors (Lipinski definition) is 4. The van der Waals surface area contributed by atoms with Crippen LogP contribution in [0.2, 0.25) is 0 Å². The van der Waals surface area contributed by atoms with Crippen molar-refractivity contribution in [3.63, 3.8) is 0 Å². The van der Waals surface area contributed by atoms with Gasteiger partial charge in [0, 0.05) is 43.3 Å². The number of aliphatic carboxylic acids is 1. The molecule has 1 aromatic heterocycles. The first-order chi connectivity index (χ1) is 19.5. The molecule has 1 aliphatic heterocycles. The average molecular weight is 570 g/mol. The number of nitrogens with one attached hydrogen (secondary N) is 3. The maximum atomic E-state index is 13.2. The molecule has 10 nitrogen and oxygen atoms in total. The first-order valence-corrected chi connectivity index (χ1v) is 12.5. The molecule has 1 fully saturated rings. The highest BCUT2D eigenvalue weighted by Crippen LogP contribution is 2.32. The minimum absolute atomic E-state index is 0.0291. The Morgan fingerprint density at radius 1 is 1.07 bits per heavy atom. The smallest absolute Gasteiger partial charge is 0.416 e. The van der Waals surface area contributed by atoms with Gasteiger partial charge in [-0.15, -0.1) is 0 Å². The Labute approximate surface area is 232 Å². The molecule has 214 valence electrons. The van der Waals surface area contributed by atoms with Gasteiger partial charge in [-0.25, -0.2) is 4.79 Å². The maximum absolute atomic E-state index is 13.2. The van der Waals surface area contributed by atoms with Gasteiger partial charge in [0.25, 0.3) is 0 Å². The van der Waals surface area contributed by atoms with Crippen LogP contribution >= 0.6 is 0 Å². The number of pyridine rings is 1. The first-order valence-electron chi connectivity index (χ1n) is 12.5. The summed E-state index contributed by atoms with van der Waals surface area (Å²) in [6, 6.07) is 12.9. The molecule has 0 spiro atoms. The molecule has 4 rings (SSSR count). The number of halogens is 3. The predicted octanol–water partition coefficient (Wildman–Crippen LogP) is 4.11. The van der Waals surface area contributed by atoms with E-state index in [1.54, 1.807) is 30.3 Å². The third-order valence-corrected chi connectivity index (χ3v) is 6.46. The van der Waals surface area contributed by atoms with Crippen molar-refractivity contribution in [1.82, 2.24) is 15.6 Å². The zero-order valence-corrected chi connectivity index (χ0v) is 21.5. The van der Waals surface area contributed by atoms with E-state index in [0.29, 0.717) is 11.3 Å². The number of amides is 4. The van der Waals surface area contributed by atoms with Crippen LogP contribution < -0.4 is 20.9 Å². The first kappa shape index (κ1) is 29.1. The van der Waals surface area contributed by atoms with E-state index in [4.69, 9.17) is 0 Å². The summed E-state index contributed by atoms with van der Waals surface area (Å²) in [6.45, 7) is -0.327. The van der Waals surface area contributed by atoms with Gasteiger partial charge >= 0.3 is 18.2 Å². The second-order valence-electron chi connectivity index (χ2n) is 9.36. The number of carbonyl (C=O) groups is 4. The molecular weight excluding hydrogens is 543 g/mol. The molecule has 2 unspecified atom stereocenters. The Bertz CT molecular complexity index is 1430. The number of carbonyl (C=O) groups excluding carboxylic acids is 3. The minimum atomic E-state index is -4.56. The Hall–Kier alpha value is -4.94. The van der Waals surface area contributed by atoms with Crippen molar-refractivity contribution in [2.75, 3.05) is 16.8 Å². The molecule has 1 aliphatic rings. The summed E-state index contributed by atoms with van der Waals surface area (Å²) in [5.74, 6) is -2.68. The van der Waals surface area contributed by atoms with Crippen molar-refractivity contribution in [3.8, 4) is 0 Å². The SMILES string of the molecule is O=C(O)CC(NC(=O)C1CC(=O)N(c2cccc(NC(=O)NCc3ccccc3C(F)(F)F)c2)C1)c1cccnc1. The fraction of sp³-hybridized carbons (Fsp3) is 0.250. The molecule has 0 aliphatic carbocycles. The van der Waals surface area contributed by atoms with Crippen LogP contribution in [0, 0.1) is 5.92 Å². The molecule has 2 atom stereocenters. The number of anilines is 2. The molecule has 1 saturated heterocycles. The molecule has 13 heteroatoms. The molecule has 41 heavy (non-hydrogen) atoms. The van der Waals surface area contributed by atoms with Crippen LogP contribution in [0.4, 0.5) is 29.3 Å². The summed E-state index contributed by atoms with van der Waals surface area (Å²) >= 11 is 0. The normalized spacial score (nSPS) is 15.7. The van der Waals surface area contributed by atoms with Gasteiger partial charge in [0.15, 0.2) is 0 Å². The summed E-state index contributed by atoms with van der Waals surface area (Å²) in [5, 5.41) is 16.9. The van der Waals surface area contributed by atoms with Gasteiger partial charge in [-0.05, 0) is 41.5 Å². The van der Waals surface area contributed by atoms with Crippen molar-refractivity contribution in [2.45, 2.75) is 31.6 Å². The molecule has 0 saturated carbocycles. The summed E-state index contributed by atoms with van der Waals surface area (Å²) in [5.41, 5.74) is 0.263. The summed E-state index contributed by atoms with van der Waals surface area (Å²) < 4.78 is 39.6. The Morgan fingerprint density at radius 3 is 2.56 bits per heavy atom. The van der Waals surface area contributed by atoms with E-state index in [1.165, 1.54) is 41.6 Å². The van der Waals surface area contributed by atoms with Crippen LogP contribution in [0.3, 0.4) is 0 Å². The van der Waals surface area contributed by atoms with Gasteiger partial charge in [0.2, 0.25) is 11.8 Å². The second kappa shape index (κ2) is 12.5. The number of carboxylic acids is 1. The van der Waals surface area contributed by atoms with E-state index in [-0.39, 0.29) is 43.1 Å². The van der Waals surface area contributed by atoms with Crippen LogP contribution in [-0.2, 0) is 27.1 Å². The lowest BCUT2D eigenvalue weighted by atomic mass is 10.0. The van der Waals surface area contributed by atoms with Crippen molar-refractivity contribution in [1.29, 1.82) is 0 Å². The third-order valence-electron chi connectivity index (χ3n) is 6.46. The Morgan fingerprint density at radius 2 is 1.85 bits per heavy atom. The lowest BCUT2D eigenvalue weighted by Crippen LogP contribution is -2.36. The largest absolute Gasteiger partial charge is 0.481 e. The zero-order valence-electron chi connectivity index (χ0n) is 21.5. The number of hydrogen-bond acceptors (Lipinski definition) is 5. The highest BCUT2D eigenvalue weighted by Gasteiger charge is 2.36. The van der Waals surface area contributed by atoms with Crippen molar-refractivity contribution in [2.24, 2.45) is 5.92 Å². The van der Waals surface area contributed by atoms with E-state index in [0.717, 1.165) is 6.07 Å². The van der Waals surface area contributed by atoms with Crippen molar-refractivity contribution >= 4 is 35.2 Å². The number of aromatic nitrogens is 1. The molecule has 0 radical (unpaired) electrons. The van der Waals surface area contributed by atoms with E-state index in [1.807, 2.05) is 0 Å². The lowest BCUT2D eigenvalue weighted by molar-refractivity contribution is -0.139. The van der Waals surface area contributed by atoms with Crippen LogP contribution in [-0.4, -0.2) is 40.5 Å². The van der Waals surface area contributed by atoms with Crippen molar-refractivity contribution < 1.29 is 37.5 Å². The van der Waals surface area contributed by atoms with Crippen LogP contribution in [0.15, 0.2) is 73.1 Å². The van der Waals surface area contributed by atoms with E-state index < -0.39 is 41.6 Å². The molecule has 0 bridgehead atoms. The lowest BCUT2D eigenvalue weighted by Gasteiger charge is -2.20. The topological polar surface area (TPSA) is 141 Å². The van der Waals surface area contributed by atoms with E-state index in [9.17, 15) is 37.5 Å². The predicted molar refractivity (Wildman–Crippen MR) is 142 cm³/mol. The molecule has 2 aromatic carbocycles. The van der Waals surface area contributed by atoms with Gasteiger partial charge in [0.1, 0.15) is 0 Å². The number of nitrogens with zero attached hydrogens (tertiary/aromatic N) is 2. The molecule has 4 amide bonds. The number of carboxylic acid groups (broad SMARTS) is 1. The fourth-order valence-electron chi connectivity index (χ4n) is 4.48. The number of benzene rings is 2. The van der Waals surface area contributed by atoms with E-state index in [2.05, 4.69) is 20.9 Å². The minimum Gasteiger partial charge on any atom is -0.481 e. The molecule has 3 aromatic rings. The summed E-state index contributed by atoms with van der Waals surface area (Å²) in [7, 11) is 0. The molecular formula is C28H26F3N5O5. The second-order valence-corrected chi connectivity index (χ2v) is 9.36. The number of urea groups is 1. The van der Waals surface area contributed by atoms with Crippen molar-refractivity contribution in [3.05, 3.63) is 89.7 Å². The van der Waals surface area contributed by atoms with Gasteiger partial charge in [0.05, 0.1) is 23.9 Å². The maximum Gasteiger partial charge on any atom is 0.416 e. The number of rotatable bonds is 9. The standard InChI is InChI=1S/C28H26F3N5O5/c29-28(30,31)22-9-2-1-5-17(22)15-33-27(41)34-20-7-3-8-21(12-20)36-16-19(11-24(36)37)26(40)35-23(13-25(38)39)18-6-4-10-32-14-18/h1-10,12,14,19,23H,11,13,15-16H2,(H,35,40)(H,38,39)(H2,33,34,41). The van der Waals surface area contributed by atoms with Crippen LogP contribution in [0.5, 0.6) is 0 Å². The molecule has 2 heterocycles. The Kier molecular flexibility index (Phi) is 8.85. The van der Waals surface area contributed by atoms with Gasteiger partial charge in [-0.2, -0.15) is 13.2 Å². The summed E-state index contributed by atoms with van der Waals surface area (Å²) in [4.78, 5) is 54.8. The quantitative estimate of drug-likeness (QED) is 0.306. The zero-order chi connectivity index (χ0) is 29.6.